The molecule has 1 aromatic heterocycles. The standard InChI is InChI=1S/C27H25F3N4O/c1-17-7-10-19(11-8-17)31-26(35)21-5-4-6-23-24(21)33-25(32-23)20-12-9-18(15-22(20)27(28,29)30)16-34-13-2-3-14-34/h4-12,15H,2-3,13-14,16H2,1H3,(H,31,35)(H,32,33). The van der Waals surface area contributed by atoms with Gasteiger partial charge in [-0.1, -0.05) is 35.9 Å². The predicted molar refractivity (Wildman–Crippen MR) is 130 cm³/mol. The summed E-state index contributed by atoms with van der Waals surface area (Å²) in [6.45, 7) is 4.25. The Morgan fingerprint density at radius 2 is 1.80 bits per heavy atom. The van der Waals surface area contributed by atoms with Gasteiger partial charge in [0, 0.05) is 17.8 Å². The number of amides is 1. The summed E-state index contributed by atoms with van der Waals surface area (Å²) in [6.07, 6.45) is -2.40. The third-order valence-electron chi connectivity index (χ3n) is 6.32. The Hall–Kier alpha value is -3.65. The summed E-state index contributed by atoms with van der Waals surface area (Å²) in [5.41, 5.74) is 2.63. The van der Waals surface area contributed by atoms with Crippen LogP contribution >= 0.6 is 0 Å². The molecule has 0 bridgehead atoms. The number of para-hydroxylation sites is 1. The van der Waals surface area contributed by atoms with Crippen LogP contribution in [0.3, 0.4) is 0 Å². The summed E-state index contributed by atoms with van der Waals surface area (Å²) in [4.78, 5) is 22.5. The second kappa shape index (κ2) is 9.19. The van der Waals surface area contributed by atoms with Gasteiger partial charge in [0.1, 0.15) is 11.3 Å². The Morgan fingerprint density at radius 3 is 2.51 bits per heavy atom. The van der Waals surface area contributed by atoms with Gasteiger partial charge in [0.25, 0.3) is 5.91 Å². The number of fused-ring (bicyclic) bond motifs is 1. The summed E-state index contributed by atoms with van der Waals surface area (Å²) < 4.78 is 42.1. The average molecular weight is 479 g/mol. The minimum absolute atomic E-state index is 0.0382. The number of anilines is 1. The number of aryl methyl sites for hydroxylation is 1. The van der Waals surface area contributed by atoms with E-state index >= 15 is 0 Å². The SMILES string of the molecule is Cc1ccc(NC(=O)c2cccc3[nH]c(-c4ccc(CN5CCCC5)cc4C(F)(F)F)nc23)cc1. The number of nitrogens with one attached hydrogen (secondary N) is 2. The number of alkyl halides is 3. The van der Waals surface area contributed by atoms with E-state index in [-0.39, 0.29) is 22.9 Å². The fraction of sp³-hybridized carbons (Fsp3) is 0.259. The lowest BCUT2D eigenvalue weighted by Gasteiger charge is -2.17. The third-order valence-corrected chi connectivity index (χ3v) is 6.32. The maximum atomic E-state index is 14.0. The monoisotopic (exact) mass is 478 g/mol. The van der Waals surface area contributed by atoms with Crippen molar-refractivity contribution in [3.05, 3.63) is 82.9 Å². The van der Waals surface area contributed by atoms with Crippen molar-refractivity contribution in [1.82, 2.24) is 14.9 Å². The molecule has 0 aliphatic carbocycles. The van der Waals surface area contributed by atoms with E-state index in [4.69, 9.17) is 0 Å². The summed E-state index contributed by atoms with van der Waals surface area (Å²) in [7, 11) is 0. The highest BCUT2D eigenvalue weighted by atomic mass is 19.4. The highest BCUT2D eigenvalue weighted by molar-refractivity contribution is 6.11. The first kappa shape index (κ1) is 23.1. The van der Waals surface area contributed by atoms with Crippen LogP contribution in [0.15, 0.2) is 60.7 Å². The van der Waals surface area contributed by atoms with Crippen LogP contribution in [0.2, 0.25) is 0 Å². The minimum atomic E-state index is -4.54. The lowest BCUT2D eigenvalue weighted by molar-refractivity contribution is -0.137. The van der Waals surface area contributed by atoms with Crippen LogP contribution in [-0.4, -0.2) is 33.9 Å². The molecule has 3 aromatic carbocycles. The van der Waals surface area contributed by atoms with Gasteiger partial charge in [-0.15, -0.1) is 0 Å². The number of halogens is 3. The van der Waals surface area contributed by atoms with Gasteiger partial charge in [0.05, 0.1) is 16.6 Å². The molecular formula is C27H25F3N4O. The van der Waals surface area contributed by atoms with E-state index in [2.05, 4.69) is 20.2 Å². The van der Waals surface area contributed by atoms with Crippen LogP contribution in [0.1, 0.15) is 39.9 Å². The van der Waals surface area contributed by atoms with Gasteiger partial charge in [0.15, 0.2) is 0 Å². The van der Waals surface area contributed by atoms with Gasteiger partial charge in [0.2, 0.25) is 0 Å². The maximum Gasteiger partial charge on any atom is 0.417 e. The Bertz CT molecular complexity index is 1370. The van der Waals surface area contributed by atoms with Crippen molar-refractivity contribution >= 4 is 22.6 Å². The quantitative estimate of drug-likeness (QED) is 0.349. The predicted octanol–water partition coefficient (Wildman–Crippen LogP) is 6.41. The molecule has 1 saturated heterocycles. The molecule has 2 heterocycles. The van der Waals surface area contributed by atoms with Crippen molar-refractivity contribution in [2.45, 2.75) is 32.5 Å². The number of carbonyl (C=O) groups is 1. The Kier molecular flexibility index (Phi) is 6.06. The Morgan fingerprint density at radius 1 is 1.06 bits per heavy atom. The lowest BCUT2D eigenvalue weighted by Crippen LogP contribution is -2.19. The number of likely N-dealkylation sites (tertiary alicyclic amines) is 1. The van der Waals surface area contributed by atoms with E-state index in [1.54, 1.807) is 36.4 Å². The van der Waals surface area contributed by atoms with Crippen molar-refractivity contribution in [2.24, 2.45) is 0 Å². The zero-order valence-electron chi connectivity index (χ0n) is 19.2. The zero-order chi connectivity index (χ0) is 24.6. The van der Waals surface area contributed by atoms with E-state index in [1.165, 1.54) is 12.1 Å². The normalized spacial score (nSPS) is 14.5. The number of aromatic nitrogens is 2. The van der Waals surface area contributed by atoms with E-state index in [0.717, 1.165) is 31.5 Å². The van der Waals surface area contributed by atoms with Gasteiger partial charge < -0.3 is 10.3 Å². The third kappa shape index (κ3) is 4.93. The summed E-state index contributed by atoms with van der Waals surface area (Å²) in [5, 5.41) is 2.83. The molecule has 4 aromatic rings. The molecule has 5 nitrogen and oxygen atoms in total. The number of hydrogen-bond donors (Lipinski definition) is 2. The van der Waals surface area contributed by atoms with Crippen molar-refractivity contribution in [2.75, 3.05) is 18.4 Å². The molecule has 5 rings (SSSR count). The first-order valence-electron chi connectivity index (χ1n) is 11.6. The summed E-state index contributed by atoms with van der Waals surface area (Å²) in [6, 6.07) is 16.8. The van der Waals surface area contributed by atoms with E-state index in [9.17, 15) is 18.0 Å². The first-order chi connectivity index (χ1) is 16.8. The van der Waals surface area contributed by atoms with Gasteiger partial charge in [-0.2, -0.15) is 13.2 Å². The van der Waals surface area contributed by atoms with Crippen LogP contribution in [0.25, 0.3) is 22.4 Å². The highest BCUT2D eigenvalue weighted by Crippen LogP contribution is 2.38. The van der Waals surface area contributed by atoms with Gasteiger partial charge in [-0.05, 0) is 68.8 Å². The molecule has 0 spiro atoms. The molecule has 0 radical (unpaired) electrons. The van der Waals surface area contributed by atoms with Crippen LogP contribution < -0.4 is 5.32 Å². The second-order valence-electron chi connectivity index (χ2n) is 8.97. The molecule has 1 fully saturated rings. The number of imidazole rings is 1. The van der Waals surface area contributed by atoms with Gasteiger partial charge in [-0.3, -0.25) is 9.69 Å². The number of carbonyl (C=O) groups excluding carboxylic acids is 1. The van der Waals surface area contributed by atoms with Crippen molar-refractivity contribution < 1.29 is 18.0 Å². The van der Waals surface area contributed by atoms with E-state index in [1.807, 2.05) is 19.1 Å². The van der Waals surface area contributed by atoms with Crippen molar-refractivity contribution in [1.29, 1.82) is 0 Å². The molecular weight excluding hydrogens is 453 g/mol. The number of benzene rings is 3. The number of aromatic amines is 1. The van der Waals surface area contributed by atoms with Gasteiger partial charge >= 0.3 is 6.18 Å². The zero-order valence-corrected chi connectivity index (χ0v) is 19.2. The Balaban J connectivity index is 1.50. The second-order valence-corrected chi connectivity index (χ2v) is 8.97. The molecule has 1 aliphatic rings. The van der Waals surface area contributed by atoms with Crippen molar-refractivity contribution in [3.8, 4) is 11.4 Å². The largest absolute Gasteiger partial charge is 0.417 e. The van der Waals surface area contributed by atoms with Crippen LogP contribution in [0, 0.1) is 6.92 Å². The maximum absolute atomic E-state index is 14.0. The topological polar surface area (TPSA) is 61.0 Å². The molecule has 0 unspecified atom stereocenters. The summed E-state index contributed by atoms with van der Waals surface area (Å²) >= 11 is 0. The van der Waals surface area contributed by atoms with Crippen molar-refractivity contribution in [3.63, 3.8) is 0 Å². The van der Waals surface area contributed by atoms with E-state index < -0.39 is 11.7 Å². The molecule has 1 amide bonds. The number of hydrogen-bond acceptors (Lipinski definition) is 3. The molecule has 35 heavy (non-hydrogen) atoms. The van der Waals surface area contributed by atoms with Crippen LogP contribution in [0.4, 0.5) is 18.9 Å². The number of nitrogens with zero attached hydrogens (tertiary/aromatic N) is 2. The number of H-pyrrole nitrogens is 1. The molecule has 0 atom stereocenters. The molecule has 180 valence electrons. The van der Waals surface area contributed by atoms with E-state index in [0.29, 0.717) is 28.8 Å². The fourth-order valence-electron chi connectivity index (χ4n) is 4.51. The fourth-order valence-corrected chi connectivity index (χ4v) is 4.51. The first-order valence-corrected chi connectivity index (χ1v) is 11.6. The Labute approximate surface area is 201 Å². The number of rotatable bonds is 5. The van der Waals surface area contributed by atoms with Gasteiger partial charge in [-0.25, -0.2) is 4.98 Å². The van der Waals surface area contributed by atoms with Crippen LogP contribution in [-0.2, 0) is 12.7 Å². The molecule has 8 heteroatoms. The smallest absolute Gasteiger partial charge is 0.338 e. The average Bonchev–Trinajstić information content (AvgIpc) is 3.49. The molecule has 0 saturated carbocycles. The highest BCUT2D eigenvalue weighted by Gasteiger charge is 2.35. The van der Waals surface area contributed by atoms with Crippen LogP contribution in [0.5, 0.6) is 0 Å². The summed E-state index contributed by atoms with van der Waals surface area (Å²) in [5.74, 6) is -0.301. The minimum Gasteiger partial charge on any atom is -0.338 e. The molecule has 1 aliphatic heterocycles. The molecule has 2 N–H and O–H groups in total. The lowest BCUT2D eigenvalue weighted by atomic mass is 10.0.